The van der Waals surface area contributed by atoms with Gasteiger partial charge in [-0.15, -0.1) is 0 Å². The minimum Gasteiger partial charge on any atom is -0.377 e. The molecule has 0 aliphatic heterocycles. The summed E-state index contributed by atoms with van der Waals surface area (Å²) >= 11 is 3.58. The van der Waals surface area contributed by atoms with Crippen molar-refractivity contribution in [2.45, 2.75) is 13.5 Å². The molecule has 0 spiro atoms. The normalized spacial score (nSPS) is 11.1. The summed E-state index contributed by atoms with van der Waals surface area (Å²) in [5.74, 6) is 0. The van der Waals surface area contributed by atoms with Gasteiger partial charge in [0, 0.05) is 40.8 Å². The Morgan fingerprint density at radius 2 is 2.20 bits per heavy atom. The molecule has 2 aromatic rings. The fourth-order valence-corrected chi connectivity index (χ4v) is 2.42. The van der Waals surface area contributed by atoms with E-state index in [9.17, 15) is 0 Å². The predicted octanol–water partition coefficient (Wildman–Crippen LogP) is 3.48. The molecule has 0 atom stereocenters. The molecule has 1 aromatic carbocycles. The lowest BCUT2D eigenvalue weighted by Gasteiger charge is -2.00. The number of rotatable bonds is 3. The number of hydrogen-bond donors (Lipinski definition) is 0. The first-order valence-electron chi connectivity index (χ1n) is 5.04. The summed E-state index contributed by atoms with van der Waals surface area (Å²) in [4.78, 5) is 0. The van der Waals surface area contributed by atoms with Gasteiger partial charge in [0.2, 0.25) is 0 Å². The van der Waals surface area contributed by atoms with Crippen LogP contribution >= 0.6 is 15.9 Å². The Morgan fingerprint density at radius 1 is 1.40 bits per heavy atom. The van der Waals surface area contributed by atoms with E-state index < -0.39 is 0 Å². The van der Waals surface area contributed by atoms with Crippen LogP contribution in [-0.2, 0) is 18.4 Å². The van der Waals surface area contributed by atoms with E-state index in [1.165, 1.54) is 16.5 Å². The van der Waals surface area contributed by atoms with Crippen LogP contribution in [0.5, 0.6) is 0 Å². The third-order valence-corrected chi connectivity index (χ3v) is 3.16. The van der Waals surface area contributed by atoms with Crippen molar-refractivity contribution in [1.82, 2.24) is 4.57 Å². The summed E-state index contributed by atoms with van der Waals surface area (Å²) in [5, 5.41) is 1.26. The third kappa shape index (κ3) is 1.94. The maximum absolute atomic E-state index is 5.46. The SMILES string of the molecule is CCOCc1cn(C)c2cccc(Br)c12. The zero-order valence-corrected chi connectivity index (χ0v) is 10.5. The number of ether oxygens (including phenoxy) is 1. The monoisotopic (exact) mass is 267 g/mol. The van der Waals surface area contributed by atoms with E-state index in [4.69, 9.17) is 4.74 Å². The largest absolute Gasteiger partial charge is 0.377 e. The lowest BCUT2D eigenvalue weighted by Crippen LogP contribution is -1.90. The number of aromatic nitrogens is 1. The van der Waals surface area contributed by atoms with E-state index in [2.05, 4.69) is 51.9 Å². The van der Waals surface area contributed by atoms with Crippen molar-refractivity contribution in [3.05, 3.63) is 34.4 Å². The molecule has 0 N–H and O–H groups in total. The molecule has 0 bridgehead atoms. The second kappa shape index (κ2) is 4.37. The number of aryl methyl sites for hydroxylation is 1. The molecule has 80 valence electrons. The van der Waals surface area contributed by atoms with Crippen LogP contribution in [0.4, 0.5) is 0 Å². The summed E-state index contributed by atoms with van der Waals surface area (Å²) in [5.41, 5.74) is 2.47. The van der Waals surface area contributed by atoms with Crippen LogP contribution in [0.15, 0.2) is 28.9 Å². The van der Waals surface area contributed by atoms with Crippen LogP contribution in [0.1, 0.15) is 12.5 Å². The zero-order chi connectivity index (χ0) is 10.8. The minimum absolute atomic E-state index is 0.677. The van der Waals surface area contributed by atoms with Crippen LogP contribution in [0.3, 0.4) is 0 Å². The quantitative estimate of drug-likeness (QED) is 0.831. The van der Waals surface area contributed by atoms with Gasteiger partial charge in [0.25, 0.3) is 0 Å². The minimum atomic E-state index is 0.677. The Balaban J connectivity index is 2.54. The molecular weight excluding hydrogens is 254 g/mol. The highest BCUT2D eigenvalue weighted by Crippen LogP contribution is 2.28. The first-order chi connectivity index (χ1) is 7.24. The molecule has 0 aliphatic carbocycles. The summed E-state index contributed by atoms with van der Waals surface area (Å²) < 4.78 is 8.73. The van der Waals surface area contributed by atoms with E-state index in [0.29, 0.717) is 6.61 Å². The van der Waals surface area contributed by atoms with Crippen molar-refractivity contribution < 1.29 is 4.74 Å². The van der Waals surface area contributed by atoms with Gasteiger partial charge >= 0.3 is 0 Å². The molecule has 0 aliphatic rings. The fourth-order valence-electron chi connectivity index (χ4n) is 1.81. The Bertz CT molecular complexity index is 476. The number of fused-ring (bicyclic) bond motifs is 1. The first-order valence-corrected chi connectivity index (χ1v) is 5.83. The van der Waals surface area contributed by atoms with Crippen LogP contribution in [0.2, 0.25) is 0 Å². The van der Waals surface area contributed by atoms with E-state index in [1.54, 1.807) is 0 Å². The van der Waals surface area contributed by atoms with Gasteiger partial charge < -0.3 is 9.30 Å². The smallest absolute Gasteiger partial charge is 0.0737 e. The summed E-state index contributed by atoms with van der Waals surface area (Å²) in [6, 6.07) is 6.24. The second-order valence-electron chi connectivity index (χ2n) is 3.54. The van der Waals surface area contributed by atoms with Gasteiger partial charge in [-0.2, -0.15) is 0 Å². The van der Waals surface area contributed by atoms with Gasteiger partial charge in [0.15, 0.2) is 0 Å². The molecule has 2 rings (SSSR count). The molecule has 0 saturated carbocycles. The molecule has 1 heterocycles. The standard InChI is InChI=1S/C12H14BrNO/c1-3-15-8-9-7-14(2)11-6-4-5-10(13)12(9)11/h4-7H,3,8H2,1-2H3. The summed E-state index contributed by atoms with van der Waals surface area (Å²) in [6.07, 6.45) is 2.13. The zero-order valence-electron chi connectivity index (χ0n) is 8.96. The van der Waals surface area contributed by atoms with Crippen LogP contribution in [-0.4, -0.2) is 11.2 Å². The van der Waals surface area contributed by atoms with Crippen molar-refractivity contribution in [1.29, 1.82) is 0 Å². The van der Waals surface area contributed by atoms with Gasteiger partial charge in [-0.3, -0.25) is 0 Å². The molecule has 0 saturated heterocycles. The highest BCUT2D eigenvalue weighted by atomic mass is 79.9. The van der Waals surface area contributed by atoms with E-state index in [0.717, 1.165) is 11.1 Å². The van der Waals surface area contributed by atoms with Crippen LogP contribution in [0.25, 0.3) is 10.9 Å². The maximum atomic E-state index is 5.46. The van der Waals surface area contributed by atoms with Gasteiger partial charge in [-0.25, -0.2) is 0 Å². The molecule has 0 amide bonds. The van der Waals surface area contributed by atoms with E-state index >= 15 is 0 Å². The van der Waals surface area contributed by atoms with Crippen molar-refractivity contribution in [3.8, 4) is 0 Å². The molecule has 2 nitrogen and oxygen atoms in total. The highest BCUT2D eigenvalue weighted by Gasteiger charge is 2.08. The lowest BCUT2D eigenvalue weighted by molar-refractivity contribution is 0.135. The average molecular weight is 268 g/mol. The maximum Gasteiger partial charge on any atom is 0.0737 e. The van der Waals surface area contributed by atoms with Crippen LogP contribution < -0.4 is 0 Å². The molecule has 1 aromatic heterocycles. The Morgan fingerprint density at radius 3 is 2.93 bits per heavy atom. The average Bonchev–Trinajstić information content (AvgIpc) is 2.55. The summed E-state index contributed by atoms with van der Waals surface area (Å²) in [6.45, 7) is 3.44. The molecule has 0 radical (unpaired) electrons. The number of halogens is 1. The van der Waals surface area contributed by atoms with E-state index in [1.807, 2.05) is 6.92 Å². The predicted molar refractivity (Wildman–Crippen MR) is 65.9 cm³/mol. The lowest BCUT2D eigenvalue weighted by atomic mass is 10.2. The Hall–Kier alpha value is -0.800. The van der Waals surface area contributed by atoms with Crippen molar-refractivity contribution >= 4 is 26.8 Å². The third-order valence-electron chi connectivity index (χ3n) is 2.50. The van der Waals surface area contributed by atoms with Gasteiger partial charge in [-0.1, -0.05) is 22.0 Å². The van der Waals surface area contributed by atoms with Crippen LogP contribution in [0, 0.1) is 0 Å². The Kier molecular flexibility index (Phi) is 3.12. The fraction of sp³-hybridized carbons (Fsp3) is 0.333. The first kappa shape index (κ1) is 10.7. The number of nitrogens with zero attached hydrogens (tertiary/aromatic N) is 1. The van der Waals surface area contributed by atoms with E-state index in [-0.39, 0.29) is 0 Å². The number of benzene rings is 1. The molecular formula is C12H14BrNO. The van der Waals surface area contributed by atoms with Gasteiger partial charge in [0.05, 0.1) is 6.61 Å². The molecule has 15 heavy (non-hydrogen) atoms. The van der Waals surface area contributed by atoms with Crippen molar-refractivity contribution in [2.24, 2.45) is 7.05 Å². The number of hydrogen-bond acceptors (Lipinski definition) is 1. The second-order valence-corrected chi connectivity index (χ2v) is 4.39. The highest BCUT2D eigenvalue weighted by molar-refractivity contribution is 9.10. The van der Waals surface area contributed by atoms with Crippen molar-refractivity contribution in [2.75, 3.05) is 6.61 Å². The topological polar surface area (TPSA) is 14.2 Å². The molecule has 0 fully saturated rings. The Labute approximate surface area is 98.0 Å². The van der Waals surface area contributed by atoms with Gasteiger partial charge in [-0.05, 0) is 19.1 Å². The molecule has 0 unspecified atom stereocenters. The summed E-state index contributed by atoms with van der Waals surface area (Å²) in [7, 11) is 2.06. The van der Waals surface area contributed by atoms with Gasteiger partial charge in [0.1, 0.15) is 0 Å². The van der Waals surface area contributed by atoms with Crippen molar-refractivity contribution in [3.63, 3.8) is 0 Å². The molecule has 3 heteroatoms.